The van der Waals surface area contributed by atoms with Crippen LogP contribution in [0.4, 0.5) is 11.6 Å². The molecule has 220 valence electrons. The molecule has 0 bridgehead atoms. The number of nitrogens with zero attached hydrogens (tertiary/aromatic N) is 7. The minimum absolute atomic E-state index is 0.144. The molecule has 2 aromatic carbocycles. The number of ether oxygens (including phenoxy) is 1. The van der Waals surface area contributed by atoms with Crippen molar-refractivity contribution in [2.75, 3.05) is 49.1 Å². The summed E-state index contributed by atoms with van der Waals surface area (Å²) in [6.45, 7) is 8.72. The van der Waals surface area contributed by atoms with E-state index >= 15 is 0 Å². The monoisotopic (exact) mass is 577 g/mol. The van der Waals surface area contributed by atoms with E-state index in [0.29, 0.717) is 13.1 Å². The van der Waals surface area contributed by atoms with Crippen LogP contribution < -0.4 is 9.80 Å². The zero-order chi connectivity index (χ0) is 29.5. The number of carbonyl (C=O) groups is 1. The van der Waals surface area contributed by atoms with Crippen LogP contribution in [0.2, 0.25) is 0 Å². The van der Waals surface area contributed by atoms with Gasteiger partial charge in [-0.25, -0.2) is 14.8 Å². The smallest absolute Gasteiger partial charge is 0.335 e. The molecule has 0 radical (unpaired) electrons. The Morgan fingerprint density at radius 2 is 1.86 bits per heavy atom. The summed E-state index contributed by atoms with van der Waals surface area (Å²) in [7, 11) is 0. The maximum atomic E-state index is 11.6. The number of anilines is 2. The van der Waals surface area contributed by atoms with E-state index in [4.69, 9.17) is 14.7 Å². The molecule has 0 spiro atoms. The van der Waals surface area contributed by atoms with E-state index in [1.165, 1.54) is 11.1 Å². The molecule has 3 aliphatic heterocycles. The van der Waals surface area contributed by atoms with Crippen molar-refractivity contribution in [3.8, 4) is 6.07 Å². The number of carboxylic acid groups (broad SMARTS) is 1. The maximum absolute atomic E-state index is 11.6. The van der Waals surface area contributed by atoms with Gasteiger partial charge in [0.2, 0.25) is 0 Å². The summed E-state index contributed by atoms with van der Waals surface area (Å²) < 4.78 is 7.87. The minimum atomic E-state index is -0.932. The Morgan fingerprint density at radius 1 is 1.05 bits per heavy atom. The van der Waals surface area contributed by atoms with Crippen molar-refractivity contribution >= 4 is 28.6 Å². The number of rotatable bonds is 7. The molecule has 4 aromatic rings. The average molecular weight is 578 g/mol. The molecule has 2 saturated heterocycles. The zero-order valence-electron chi connectivity index (χ0n) is 24.3. The van der Waals surface area contributed by atoms with E-state index in [1.807, 2.05) is 18.2 Å². The summed E-state index contributed by atoms with van der Waals surface area (Å²) in [4.78, 5) is 28.8. The predicted octanol–water partition coefficient (Wildman–Crippen LogP) is 4.24. The third-order valence-corrected chi connectivity index (χ3v) is 9.14. The molecule has 43 heavy (non-hydrogen) atoms. The second kappa shape index (κ2) is 11.3. The van der Waals surface area contributed by atoms with Gasteiger partial charge in [-0.05, 0) is 73.4 Å². The second-order valence-corrected chi connectivity index (χ2v) is 11.7. The molecule has 0 unspecified atom stereocenters. The molecule has 1 N–H and O–H groups in total. The fourth-order valence-electron chi connectivity index (χ4n) is 6.56. The van der Waals surface area contributed by atoms with Gasteiger partial charge in [0.1, 0.15) is 17.5 Å². The first-order chi connectivity index (χ1) is 21.0. The van der Waals surface area contributed by atoms with Gasteiger partial charge in [-0.3, -0.25) is 4.90 Å². The first-order valence-electron chi connectivity index (χ1n) is 15.0. The highest BCUT2D eigenvalue weighted by molar-refractivity contribution is 5.92. The van der Waals surface area contributed by atoms with E-state index in [0.717, 1.165) is 86.2 Å². The molecule has 2 atom stereocenters. The Labute approximate surface area is 250 Å². The van der Waals surface area contributed by atoms with Crippen molar-refractivity contribution < 1.29 is 14.6 Å². The van der Waals surface area contributed by atoms with Gasteiger partial charge in [-0.15, -0.1) is 0 Å². The fraction of sp³-hybridized carbons (Fsp3) is 0.394. The minimum Gasteiger partial charge on any atom is -0.478 e. The van der Waals surface area contributed by atoms with Gasteiger partial charge in [-0.1, -0.05) is 12.1 Å². The quantitative estimate of drug-likeness (QED) is 0.345. The van der Waals surface area contributed by atoms with Gasteiger partial charge in [0.05, 0.1) is 53.5 Å². The SMILES string of the molecule is C[C@H]1c2ccc(C#N)cc2CCN1c1cccc(N2CCN(Cc3nc4ccc(C(=O)O)cc4n3C[C@@H]3CCO3)CC2)n1. The molecule has 7 rings (SSSR count). The third kappa shape index (κ3) is 5.31. The van der Waals surface area contributed by atoms with Crippen molar-refractivity contribution in [3.05, 3.63) is 82.7 Å². The number of aromatic carboxylic acids is 1. The number of nitriles is 1. The molecule has 0 amide bonds. The van der Waals surface area contributed by atoms with E-state index < -0.39 is 5.97 Å². The zero-order valence-corrected chi connectivity index (χ0v) is 24.3. The van der Waals surface area contributed by atoms with Gasteiger partial charge < -0.3 is 24.2 Å². The van der Waals surface area contributed by atoms with Crippen LogP contribution in [0.3, 0.4) is 0 Å². The Kier molecular flexibility index (Phi) is 7.21. The largest absolute Gasteiger partial charge is 0.478 e. The number of aromatic nitrogens is 3. The molecule has 10 nitrogen and oxygen atoms in total. The lowest BCUT2D eigenvalue weighted by Crippen LogP contribution is -2.46. The molecule has 5 heterocycles. The van der Waals surface area contributed by atoms with E-state index in [1.54, 1.807) is 12.1 Å². The van der Waals surface area contributed by atoms with E-state index in [2.05, 4.69) is 56.5 Å². The van der Waals surface area contributed by atoms with Crippen LogP contribution in [0.1, 0.15) is 52.3 Å². The summed E-state index contributed by atoms with van der Waals surface area (Å²) in [5.41, 5.74) is 5.18. The van der Waals surface area contributed by atoms with Crippen LogP contribution in [0.5, 0.6) is 0 Å². The van der Waals surface area contributed by atoms with Crippen molar-refractivity contribution in [1.29, 1.82) is 5.26 Å². The normalized spacial score (nSPS) is 20.5. The summed E-state index contributed by atoms with van der Waals surface area (Å²) in [5, 5.41) is 18.8. The molecule has 2 fully saturated rings. The Bertz CT molecular complexity index is 1720. The van der Waals surface area contributed by atoms with Crippen LogP contribution in [-0.2, 0) is 24.2 Å². The summed E-state index contributed by atoms with van der Waals surface area (Å²) in [6.07, 6.45) is 2.05. The Hall–Kier alpha value is -4.46. The lowest BCUT2D eigenvalue weighted by molar-refractivity contribution is -0.0592. The standard InChI is InChI=1S/C33H35N7O3/c1-22-27-7-5-23(19-34)17-24(27)9-11-39(22)31-4-2-3-30(36-31)38-14-12-37(13-15-38)21-32-35-28-8-6-25(33(41)42)18-29(28)40(32)20-26-10-16-43-26/h2-8,17-18,22,26H,9-16,20-21H2,1H3,(H,41,42)/t22-,26-/m0/s1. The topological polar surface area (TPSA) is 111 Å². The third-order valence-electron chi connectivity index (χ3n) is 9.14. The van der Waals surface area contributed by atoms with Crippen molar-refractivity contribution in [2.45, 2.75) is 45.0 Å². The van der Waals surface area contributed by atoms with Crippen LogP contribution in [-0.4, -0.2) is 75.9 Å². The average Bonchev–Trinajstić information content (AvgIpc) is 3.35. The number of piperazine rings is 1. The molecular weight excluding hydrogens is 542 g/mol. The fourth-order valence-corrected chi connectivity index (χ4v) is 6.56. The molecule has 0 saturated carbocycles. The van der Waals surface area contributed by atoms with Crippen molar-refractivity contribution in [2.24, 2.45) is 0 Å². The lowest BCUT2D eigenvalue weighted by Gasteiger charge is -2.38. The van der Waals surface area contributed by atoms with Crippen LogP contribution in [0.25, 0.3) is 11.0 Å². The Morgan fingerprint density at radius 3 is 2.60 bits per heavy atom. The molecule has 10 heteroatoms. The van der Waals surface area contributed by atoms with Crippen LogP contribution >= 0.6 is 0 Å². The highest BCUT2D eigenvalue weighted by Gasteiger charge is 2.27. The lowest BCUT2D eigenvalue weighted by atomic mass is 9.92. The van der Waals surface area contributed by atoms with Crippen molar-refractivity contribution in [3.63, 3.8) is 0 Å². The van der Waals surface area contributed by atoms with Crippen LogP contribution in [0, 0.1) is 11.3 Å². The molecular formula is C33H35N7O3. The number of imidazole rings is 1. The predicted molar refractivity (Wildman–Crippen MR) is 163 cm³/mol. The summed E-state index contributed by atoms with van der Waals surface area (Å²) in [6, 6.07) is 19.9. The van der Waals surface area contributed by atoms with Crippen molar-refractivity contribution in [1.82, 2.24) is 19.4 Å². The number of fused-ring (bicyclic) bond motifs is 2. The first-order valence-corrected chi connectivity index (χ1v) is 15.0. The number of hydrogen-bond acceptors (Lipinski definition) is 8. The van der Waals surface area contributed by atoms with Gasteiger partial charge in [0, 0.05) is 39.3 Å². The molecule has 0 aliphatic carbocycles. The number of hydrogen-bond donors (Lipinski definition) is 1. The number of carboxylic acids is 1. The molecule has 3 aliphatic rings. The van der Waals surface area contributed by atoms with E-state index in [-0.39, 0.29) is 17.7 Å². The Balaban J connectivity index is 1.04. The van der Waals surface area contributed by atoms with Gasteiger partial charge in [0.15, 0.2) is 0 Å². The molecule has 2 aromatic heterocycles. The highest BCUT2D eigenvalue weighted by Crippen LogP contribution is 2.34. The summed E-state index contributed by atoms with van der Waals surface area (Å²) >= 11 is 0. The maximum Gasteiger partial charge on any atom is 0.335 e. The summed E-state index contributed by atoms with van der Waals surface area (Å²) in [5.74, 6) is 1.99. The van der Waals surface area contributed by atoms with E-state index in [9.17, 15) is 15.2 Å². The first kappa shape index (κ1) is 27.4. The van der Waals surface area contributed by atoms with Crippen LogP contribution in [0.15, 0.2) is 54.6 Å². The number of pyridine rings is 1. The van der Waals surface area contributed by atoms with Gasteiger partial charge >= 0.3 is 5.97 Å². The van der Waals surface area contributed by atoms with Gasteiger partial charge in [-0.2, -0.15) is 5.26 Å². The highest BCUT2D eigenvalue weighted by atomic mass is 16.5. The van der Waals surface area contributed by atoms with Gasteiger partial charge in [0.25, 0.3) is 0 Å². The second-order valence-electron chi connectivity index (χ2n) is 11.7. The number of benzene rings is 2.